The van der Waals surface area contributed by atoms with Crippen LogP contribution in [0.15, 0.2) is 23.1 Å². The number of aromatic nitrogens is 1. The summed E-state index contributed by atoms with van der Waals surface area (Å²) in [5.74, 6) is -0.772. The Morgan fingerprint density at radius 2 is 2.18 bits per heavy atom. The molecule has 6 heteroatoms. The first-order valence-corrected chi connectivity index (χ1v) is 5.42. The van der Waals surface area contributed by atoms with Crippen LogP contribution in [0.1, 0.15) is 23.2 Å². The van der Waals surface area contributed by atoms with Crippen LogP contribution >= 0.6 is 0 Å². The van der Waals surface area contributed by atoms with E-state index in [0.29, 0.717) is 0 Å². The number of amides is 2. The van der Waals surface area contributed by atoms with Crippen molar-refractivity contribution in [2.45, 2.75) is 18.9 Å². The number of hydrogen-bond donors (Lipinski definition) is 3. The molecule has 0 saturated heterocycles. The maximum absolute atomic E-state index is 11.6. The Bertz CT molecular complexity index is 491. The fourth-order valence-electron chi connectivity index (χ4n) is 1.36. The molecule has 0 atom stereocenters. The first-order valence-electron chi connectivity index (χ1n) is 5.42. The second kappa shape index (κ2) is 4.82. The standard InChI is InChI=1S/C11H13N3O3/c15-9(14-7-3-4-7)6-13-11(17)8-2-1-5-12-10(8)16/h1-2,5,7H,3-4,6H2,(H,12,16)(H,13,17)(H,14,15). The molecule has 6 nitrogen and oxygen atoms in total. The molecule has 0 spiro atoms. The molecule has 0 radical (unpaired) electrons. The summed E-state index contributed by atoms with van der Waals surface area (Å²) >= 11 is 0. The van der Waals surface area contributed by atoms with Crippen molar-refractivity contribution in [3.05, 3.63) is 34.2 Å². The van der Waals surface area contributed by atoms with E-state index in [2.05, 4.69) is 15.6 Å². The van der Waals surface area contributed by atoms with Gasteiger partial charge in [-0.15, -0.1) is 0 Å². The van der Waals surface area contributed by atoms with Crippen LogP contribution in [0.2, 0.25) is 0 Å². The zero-order valence-corrected chi connectivity index (χ0v) is 9.16. The van der Waals surface area contributed by atoms with Gasteiger partial charge in [-0.25, -0.2) is 0 Å². The van der Waals surface area contributed by atoms with E-state index in [1.54, 1.807) is 6.07 Å². The highest BCUT2D eigenvalue weighted by Crippen LogP contribution is 2.18. The highest BCUT2D eigenvalue weighted by molar-refractivity contribution is 5.96. The smallest absolute Gasteiger partial charge is 0.260 e. The summed E-state index contributed by atoms with van der Waals surface area (Å²) in [5, 5.41) is 5.14. The van der Waals surface area contributed by atoms with Crippen LogP contribution in [0, 0.1) is 0 Å². The molecule has 17 heavy (non-hydrogen) atoms. The molecular weight excluding hydrogens is 222 g/mol. The number of pyridine rings is 1. The highest BCUT2D eigenvalue weighted by atomic mass is 16.2. The van der Waals surface area contributed by atoms with E-state index in [-0.39, 0.29) is 24.1 Å². The molecule has 1 aliphatic carbocycles. The lowest BCUT2D eigenvalue weighted by Gasteiger charge is -2.05. The molecule has 2 amide bonds. The lowest BCUT2D eigenvalue weighted by molar-refractivity contribution is -0.120. The Balaban J connectivity index is 1.86. The molecule has 2 rings (SSSR count). The van der Waals surface area contributed by atoms with E-state index in [1.807, 2.05) is 0 Å². The third-order valence-corrected chi connectivity index (χ3v) is 2.41. The van der Waals surface area contributed by atoms with Crippen LogP contribution in [0.5, 0.6) is 0 Å². The molecule has 1 aromatic rings. The normalized spacial score (nSPS) is 14.1. The lowest BCUT2D eigenvalue weighted by atomic mass is 10.2. The van der Waals surface area contributed by atoms with E-state index in [4.69, 9.17) is 0 Å². The van der Waals surface area contributed by atoms with Gasteiger partial charge in [-0.2, -0.15) is 0 Å². The number of rotatable bonds is 4. The maximum Gasteiger partial charge on any atom is 0.260 e. The lowest BCUT2D eigenvalue weighted by Crippen LogP contribution is -2.39. The number of nitrogens with one attached hydrogen (secondary N) is 3. The average molecular weight is 235 g/mol. The van der Waals surface area contributed by atoms with Crippen LogP contribution in [0.25, 0.3) is 0 Å². The fraction of sp³-hybridized carbons (Fsp3) is 0.364. The number of carbonyl (C=O) groups excluding carboxylic acids is 2. The van der Waals surface area contributed by atoms with E-state index in [9.17, 15) is 14.4 Å². The molecule has 0 aromatic carbocycles. The minimum atomic E-state index is -0.544. The van der Waals surface area contributed by atoms with Crippen molar-refractivity contribution >= 4 is 11.8 Å². The van der Waals surface area contributed by atoms with E-state index >= 15 is 0 Å². The molecule has 1 heterocycles. The van der Waals surface area contributed by atoms with E-state index in [1.165, 1.54) is 12.3 Å². The average Bonchev–Trinajstić information content (AvgIpc) is 3.10. The molecular formula is C11H13N3O3. The van der Waals surface area contributed by atoms with Gasteiger partial charge >= 0.3 is 0 Å². The number of H-pyrrole nitrogens is 1. The van der Waals surface area contributed by atoms with Crippen molar-refractivity contribution in [3.63, 3.8) is 0 Å². The largest absolute Gasteiger partial charge is 0.352 e. The number of hydrogen-bond acceptors (Lipinski definition) is 3. The van der Waals surface area contributed by atoms with E-state index < -0.39 is 11.5 Å². The Labute approximate surface area is 97.4 Å². The van der Waals surface area contributed by atoms with Gasteiger partial charge in [0.05, 0.1) is 6.54 Å². The van der Waals surface area contributed by atoms with Gasteiger partial charge in [-0.3, -0.25) is 14.4 Å². The molecule has 0 unspecified atom stereocenters. The van der Waals surface area contributed by atoms with E-state index in [0.717, 1.165) is 12.8 Å². The van der Waals surface area contributed by atoms with Gasteiger partial charge in [0.15, 0.2) is 0 Å². The van der Waals surface area contributed by atoms with Gasteiger partial charge in [0.25, 0.3) is 11.5 Å². The van der Waals surface area contributed by atoms with Crippen LogP contribution in [-0.2, 0) is 4.79 Å². The van der Waals surface area contributed by atoms with Crippen LogP contribution < -0.4 is 16.2 Å². The molecule has 0 bridgehead atoms. The summed E-state index contributed by atoms with van der Waals surface area (Å²) in [6, 6.07) is 3.23. The van der Waals surface area contributed by atoms with Gasteiger partial charge in [-0.1, -0.05) is 0 Å². The predicted molar refractivity (Wildman–Crippen MR) is 60.6 cm³/mol. The second-order valence-electron chi connectivity index (χ2n) is 3.94. The zero-order chi connectivity index (χ0) is 12.3. The summed E-state index contributed by atoms with van der Waals surface area (Å²) in [6.07, 6.45) is 3.44. The minimum absolute atomic E-state index is 0.00622. The first-order chi connectivity index (χ1) is 8.16. The summed E-state index contributed by atoms with van der Waals surface area (Å²) in [7, 11) is 0. The maximum atomic E-state index is 11.6. The van der Waals surface area contributed by atoms with Gasteiger partial charge < -0.3 is 15.6 Å². The first kappa shape index (κ1) is 11.4. The van der Waals surface area contributed by atoms with Crippen molar-refractivity contribution in [1.29, 1.82) is 0 Å². The highest BCUT2D eigenvalue weighted by Gasteiger charge is 2.23. The van der Waals surface area contributed by atoms with Crippen LogP contribution in [0.4, 0.5) is 0 Å². The number of carbonyl (C=O) groups is 2. The minimum Gasteiger partial charge on any atom is -0.352 e. The van der Waals surface area contributed by atoms with Gasteiger partial charge in [0.2, 0.25) is 5.91 Å². The molecule has 1 aromatic heterocycles. The SMILES string of the molecule is O=C(CNC(=O)c1ccc[nH]c1=O)NC1CC1. The molecule has 1 fully saturated rings. The van der Waals surface area contributed by atoms with Crippen LogP contribution in [0.3, 0.4) is 0 Å². The summed E-state index contributed by atoms with van der Waals surface area (Å²) in [4.78, 5) is 36.5. The van der Waals surface area contributed by atoms with Crippen molar-refractivity contribution in [3.8, 4) is 0 Å². The van der Waals surface area contributed by atoms with Gasteiger partial charge in [-0.05, 0) is 25.0 Å². The number of aromatic amines is 1. The Morgan fingerprint density at radius 3 is 2.82 bits per heavy atom. The van der Waals surface area contributed by atoms with Crippen molar-refractivity contribution < 1.29 is 9.59 Å². The fourth-order valence-corrected chi connectivity index (χ4v) is 1.36. The van der Waals surface area contributed by atoms with Crippen molar-refractivity contribution in [1.82, 2.24) is 15.6 Å². The monoisotopic (exact) mass is 235 g/mol. The molecule has 1 aliphatic rings. The zero-order valence-electron chi connectivity index (χ0n) is 9.16. The van der Waals surface area contributed by atoms with Crippen LogP contribution in [-0.4, -0.2) is 29.4 Å². The molecule has 1 saturated carbocycles. The summed E-state index contributed by atoms with van der Waals surface area (Å²) < 4.78 is 0. The predicted octanol–water partition coefficient (Wildman–Crippen LogP) is -0.617. The van der Waals surface area contributed by atoms with Gasteiger partial charge in [0, 0.05) is 12.2 Å². The quantitative estimate of drug-likeness (QED) is 0.649. The summed E-state index contributed by atoms with van der Waals surface area (Å²) in [6.45, 7) is -0.107. The van der Waals surface area contributed by atoms with Crippen molar-refractivity contribution in [2.24, 2.45) is 0 Å². The topological polar surface area (TPSA) is 91.1 Å². The Morgan fingerprint density at radius 1 is 1.41 bits per heavy atom. The third-order valence-electron chi connectivity index (χ3n) is 2.41. The Kier molecular flexibility index (Phi) is 3.22. The second-order valence-corrected chi connectivity index (χ2v) is 3.94. The van der Waals surface area contributed by atoms with Gasteiger partial charge in [0.1, 0.15) is 5.56 Å². The third kappa shape index (κ3) is 3.17. The Hall–Kier alpha value is -2.11. The molecule has 3 N–H and O–H groups in total. The summed E-state index contributed by atoms with van der Waals surface area (Å²) in [5.41, 5.74) is -0.459. The van der Waals surface area contributed by atoms with Crippen molar-refractivity contribution in [2.75, 3.05) is 6.54 Å². The molecule has 90 valence electrons. The molecule has 0 aliphatic heterocycles.